The number of rotatable bonds is 6. The summed E-state index contributed by atoms with van der Waals surface area (Å²) in [5.41, 5.74) is -0.381. The number of nitrogens with one attached hydrogen (secondary N) is 4. The summed E-state index contributed by atoms with van der Waals surface area (Å²) in [5.74, 6) is -2.59. The summed E-state index contributed by atoms with van der Waals surface area (Å²) in [4.78, 5) is 71.6. The van der Waals surface area contributed by atoms with Crippen molar-refractivity contribution in [2.75, 3.05) is 6.54 Å². The van der Waals surface area contributed by atoms with Crippen LogP contribution in [0.3, 0.4) is 0 Å². The van der Waals surface area contributed by atoms with Crippen LogP contribution in [0.1, 0.15) is 103 Å². The van der Waals surface area contributed by atoms with Crippen LogP contribution in [0.15, 0.2) is 36.4 Å². The summed E-state index contributed by atoms with van der Waals surface area (Å²) >= 11 is 0. The molecular formula is C37H52N6O9S. The van der Waals surface area contributed by atoms with E-state index in [0.29, 0.717) is 38.8 Å². The van der Waals surface area contributed by atoms with Gasteiger partial charge in [0, 0.05) is 31.5 Å². The zero-order valence-corrected chi connectivity index (χ0v) is 31.5. The number of ether oxygens (including phenoxy) is 2. The molecule has 5 amide bonds. The highest BCUT2D eigenvalue weighted by atomic mass is 32.2. The van der Waals surface area contributed by atoms with E-state index in [2.05, 4.69) is 20.1 Å². The molecule has 16 heteroatoms. The van der Waals surface area contributed by atoms with Crippen LogP contribution in [-0.2, 0) is 47.2 Å². The molecule has 0 spiro atoms. The first-order chi connectivity index (χ1) is 25.1. The molecule has 0 bridgehead atoms. The summed E-state index contributed by atoms with van der Waals surface area (Å²) in [7, 11) is -4.22. The fraction of sp³-hybridized carbons (Fsp3) is 0.649. The molecule has 1 saturated heterocycles. The molecule has 53 heavy (non-hydrogen) atoms. The maximum absolute atomic E-state index is 14.4. The van der Waals surface area contributed by atoms with Crippen LogP contribution in [0.4, 0.5) is 9.59 Å². The Morgan fingerprint density at radius 1 is 0.962 bits per heavy atom. The Hall–Kier alpha value is -4.18. The number of hydrogen-bond donors (Lipinski definition) is 4. The number of carbonyl (C=O) groups excluding carboxylic acids is 5. The molecule has 0 aromatic heterocycles. The summed E-state index contributed by atoms with van der Waals surface area (Å²) in [6, 6.07) is 5.18. The summed E-state index contributed by atoms with van der Waals surface area (Å²) in [5, 5.41) is 5.52. The van der Waals surface area contributed by atoms with E-state index in [9.17, 15) is 32.4 Å². The maximum Gasteiger partial charge on any atom is 0.410 e. The van der Waals surface area contributed by atoms with Gasteiger partial charge < -0.3 is 25.0 Å². The first-order valence-corrected chi connectivity index (χ1v) is 20.3. The van der Waals surface area contributed by atoms with Crippen molar-refractivity contribution in [1.82, 2.24) is 29.9 Å². The van der Waals surface area contributed by atoms with Gasteiger partial charge in [0.15, 0.2) is 0 Å². The van der Waals surface area contributed by atoms with Crippen molar-refractivity contribution in [3.63, 3.8) is 0 Å². The number of amides is 5. The van der Waals surface area contributed by atoms with Gasteiger partial charge in [-0.05, 0) is 70.4 Å². The van der Waals surface area contributed by atoms with Crippen molar-refractivity contribution in [1.29, 1.82) is 0 Å². The van der Waals surface area contributed by atoms with E-state index >= 15 is 0 Å². The van der Waals surface area contributed by atoms with Gasteiger partial charge in [-0.15, -0.1) is 0 Å². The highest BCUT2D eigenvalue weighted by molar-refractivity contribution is 7.88. The minimum absolute atomic E-state index is 0.0665. The zero-order valence-electron chi connectivity index (χ0n) is 30.7. The molecule has 3 aliphatic heterocycles. The molecular weight excluding hydrogens is 705 g/mol. The molecule has 2 aliphatic carbocycles. The van der Waals surface area contributed by atoms with E-state index in [4.69, 9.17) is 9.47 Å². The largest absolute Gasteiger partial charge is 0.444 e. The van der Waals surface area contributed by atoms with Crippen molar-refractivity contribution in [2.45, 2.75) is 140 Å². The maximum atomic E-state index is 14.4. The van der Waals surface area contributed by atoms with Crippen molar-refractivity contribution in [3.05, 3.63) is 47.5 Å². The predicted molar refractivity (Wildman–Crippen MR) is 193 cm³/mol. The molecule has 1 aromatic carbocycles. The third kappa shape index (κ3) is 9.50. The molecule has 6 rings (SSSR count). The Kier molecular flexibility index (Phi) is 11.4. The Balaban J connectivity index is 1.24. The first kappa shape index (κ1) is 38.5. The third-order valence-corrected chi connectivity index (χ3v) is 11.7. The minimum Gasteiger partial charge on any atom is -0.444 e. The molecule has 2 saturated carbocycles. The lowest BCUT2D eigenvalue weighted by atomic mass is 10.0. The number of benzene rings is 1. The summed E-state index contributed by atoms with van der Waals surface area (Å²) < 4.78 is 42.1. The molecule has 5 atom stereocenters. The van der Waals surface area contributed by atoms with Crippen molar-refractivity contribution in [3.8, 4) is 0 Å². The lowest BCUT2D eigenvalue weighted by molar-refractivity contribution is -0.141. The van der Waals surface area contributed by atoms with E-state index in [1.54, 1.807) is 25.7 Å². The number of hydrogen-bond acceptors (Lipinski definition) is 9. The van der Waals surface area contributed by atoms with Crippen LogP contribution in [-0.4, -0.2) is 90.0 Å². The second-order valence-electron chi connectivity index (χ2n) is 15.9. The highest BCUT2D eigenvalue weighted by Gasteiger charge is 2.62. The van der Waals surface area contributed by atoms with Gasteiger partial charge in [0.25, 0.3) is 5.91 Å². The monoisotopic (exact) mass is 756 g/mol. The number of alkyl carbamates (subject to hydrolysis) is 1. The minimum atomic E-state index is -4.22. The quantitative estimate of drug-likeness (QED) is 0.316. The second-order valence-corrected chi connectivity index (χ2v) is 17.4. The average Bonchev–Trinajstić information content (AvgIpc) is 3.49. The van der Waals surface area contributed by atoms with Crippen LogP contribution in [0.2, 0.25) is 0 Å². The van der Waals surface area contributed by atoms with Crippen molar-refractivity contribution < 1.29 is 41.9 Å². The van der Waals surface area contributed by atoms with Gasteiger partial charge in [-0.25, -0.2) is 14.3 Å². The Bertz CT molecular complexity index is 1700. The lowest BCUT2D eigenvalue weighted by Gasteiger charge is -2.30. The van der Waals surface area contributed by atoms with Gasteiger partial charge in [-0.1, -0.05) is 62.1 Å². The molecule has 0 radical (unpaired) electrons. The first-order valence-electron chi connectivity index (χ1n) is 18.8. The Labute approximate surface area is 311 Å². The molecule has 15 nitrogen and oxygen atoms in total. The van der Waals surface area contributed by atoms with Gasteiger partial charge in [-0.2, -0.15) is 13.1 Å². The van der Waals surface area contributed by atoms with Gasteiger partial charge in [0.1, 0.15) is 29.3 Å². The third-order valence-electron chi connectivity index (χ3n) is 10.6. The smallest absolute Gasteiger partial charge is 0.410 e. The summed E-state index contributed by atoms with van der Waals surface area (Å²) in [6.07, 6.45) is 7.80. The number of carbonyl (C=O) groups is 5. The van der Waals surface area contributed by atoms with Gasteiger partial charge in [-0.3, -0.25) is 19.3 Å². The fourth-order valence-corrected chi connectivity index (χ4v) is 8.96. The molecule has 3 fully saturated rings. The zero-order chi connectivity index (χ0) is 38.0. The van der Waals surface area contributed by atoms with Gasteiger partial charge in [0.05, 0.1) is 6.54 Å². The molecule has 0 unspecified atom stereocenters. The number of nitrogens with zero attached hydrogens (tertiary/aromatic N) is 2. The van der Waals surface area contributed by atoms with Crippen LogP contribution >= 0.6 is 0 Å². The van der Waals surface area contributed by atoms with Crippen LogP contribution in [0, 0.1) is 5.92 Å². The molecule has 290 valence electrons. The topological polar surface area (TPSA) is 193 Å². The SMILES string of the molecule is CC(C)(C)OC(=O)N[C@H]1CCCCC/C=C/[C@@H]2C[C@@]2(C(=O)NS(=O)(=O)NC2CCCC2)NC(=O)[C@@H]2C[C@@H](OC(=O)N3Cc4ccccc4C3)CN2C1=O. The van der Waals surface area contributed by atoms with E-state index in [1.807, 2.05) is 36.4 Å². The standard InChI is InChI=1S/C37H52N6O9S/c1-36(2,3)52-34(47)38-29-18-8-6-4-5-7-15-26-20-37(26,33(46)41-53(49,50)40-27-16-11-12-17-27)39-31(44)30-19-28(23-43(30)32(29)45)51-35(48)42-21-24-13-9-10-14-25(24)22-42/h7,9-10,13-15,26-30,40H,4-6,8,11-12,16-23H2,1-3H3,(H,38,47)(H,39,44)(H,41,46)/b15-7+/t26-,28-,29+,30+,37-/m1/s1. The molecule has 4 N–H and O–H groups in total. The van der Waals surface area contributed by atoms with E-state index in [-0.39, 0.29) is 31.8 Å². The van der Waals surface area contributed by atoms with Crippen molar-refractivity contribution >= 4 is 40.1 Å². The van der Waals surface area contributed by atoms with Crippen LogP contribution in [0.25, 0.3) is 0 Å². The Morgan fingerprint density at radius 2 is 1.64 bits per heavy atom. The second kappa shape index (κ2) is 15.7. The molecule has 1 aromatic rings. The van der Waals surface area contributed by atoms with Gasteiger partial charge in [0.2, 0.25) is 11.8 Å². The lowest BCUT2D eigenvalue weighted by Crippen LogP contribution is -2.59. The molecule has 3 heterocycles. The fourth-order valence-electron chi connectivity index (χ4n) is 7.80. The van der Waals surface area contributed by atoms with Crippen molar-refractivity contribution in [2.24, 2.45) is 5.92 Å². The molecule has 5 aliphatic rings. The number of fused-ring (bicyclic) bond motifs is 3. The van der Waals surface area contributed by atoms with E-state index in [1.165, 1.54) is 4.90 Å². The van der Waals surface area contributed by atoms with Crippen LogP contribution < -0.4 is 20.1 Å². The Morgan fingerprint density at radius 3 is 2.32 bits per heavy atom. The van der Waals surface area contributed by atoms with E-state index in [0.717, 1.165) is 36.8 Å². The highest BCUT2D eigenvalue weighted by Crippen LogP contribution is 2.46. The predicted octanol–water partition coefficient (Wildman–Crippen LogP) is 3.29. The van der Waals surface area contributed by atoms with Crippen LogP contribution in [0.5, 0.6) is 0 Å². The number of allylic oxidation sites excluding steroid dienone is 1. The van der Waals surface area contributed by atoms with Gasteiger partial charge >= 0.3 is 22.4 Å². The normalized spacial score (nSPS) is 28.7. The average molecular weight is 757 g/mol. The van der Waals surface area contributed by atoms with E-state index < -0.39 is 75.4 Å². The summed E-state index contributed by atoms with van der Waals surface area (Å²) in [6.45, 7) is 5.74.